The number of rotatable bonds is 3. The van der Waals surface area contributed by atoms with Crippen LogP contribution in [0.1, 0.15) is 23.2 Å². The molecule has 1 aromatic heterocycles. The minimum Gasteiger partial charge on any atom is -0.396 e. The highest BCUT2D eigenvalue weighted by molar-refractivity contribution is 5.92. The number of carbonyl (C=O) groups excluding carboxylic acids is 1. The third kappa shape index (κ3) is 2.74. The summed E-state index contributed by atoms with van der Waals surface area (Å²) < 4.78 is 0. The van der Waals surface area contributed by atoms with Gasteiger partial charge in [-0.1, -0.05) is 0 Å². The number of carbonyl (C=O) groups is 1. The third-order valence-electron chi connectivity index (χ3n) is 3.23. The molecule has 1 fully saturated rings. The Morgan fingerprint density at radius 3 is 2.65 bits per heavy atom. The lowest BCUT2D eigenvalue weighted by Crippen LogP contribution is -2.35. The summed E-state index contributed by atoms with van der Waals surface area (Å²) >= 11 is 0. The average Bonchev–Trinajstić information content (AvgIpc) is 2.39. The van der Waals surface area contributed by atoms with E-state index in [0.717, 1.165) is 31.7 Å². The van der Waals surface area contributed by atoms with Crippen molar-refractivity contribution >= 4 is 11.7 Å². The normalized spacial score (nSPS) is 17.1. The van der Waals surface area contributed by atoms with Gasteiger partial charge in [0, 0.05) is 25.9 Å². The number of pyridine rings is 1. The second kappa shape index (κ2) is 5.14. The van der Waals surface area contributed by atoms with E-state index in [-0.39, 0.29) is 6.61 Å². The maximum Gasteiger partial charge on any atom is 0.250 e. The van der Waals surface area contributed by atoms with E-state index in [4.69, 9.17) is 10.8 Å². The Hall–Kier alpha value is -1.62. The number of piperidine rings is 1. The van der Waals surface area contributed by atoms with E-state index in [1.165, 1.54) is 6.20 Å². The molecule has 0 aromatic carbocycles. The molecule has 2 heterocycles. The van der Waals surface area contributed by atoms with Gasteiger partial charge in [0.15, 0.2) is 0 Å². The van der Waals surface area contributed by atoms with Gasteiger partial charge in [-0.3, -0.25) is 4.79 Å². The summed E-state index contributed by atoms with van der Waals surface area (Å²) in [5.41, 5.74) is 5.59. The van der Waals surface area contributed by atoms with Gasteiger partial charge in [0.05, 0.1) is 5.56 Å². The smallest absolute Gasteiger partial charge is 0.250 e. The van der Waals surface area contributed by atoms with Crippen molar-refractivity contribution in [1.82, 2.24) is 4.98 Å². The van der Waals surface area contributed by atoms with Crippen molar-refractivity contribution in [2.75, 3.05) is 24.6 Å². The van der Waals surface area contributed by atoms with Crippen LogP contribution in [-0.4, -0.2) is 35.7 Å². The SMILES string of the molecule is NC(=O)c1ccc(N2CCC(CO)CC2)nc1. The van der Waals surface area contributed by atoms with Crippen LogP contribution < -0.4 is 10.6 Å². The van der Waals surface area contributed by atoms with Gasteiger partial charge in [-0.05, 0) is 30.9 Å². The number of amides is 1. The van der Waals surface area contributed by atoms with Crippen LogP contribution in [0.15, 0.2) is 18.3 Å². The molecule has 0 unspecified atom stereocenters. The van der Waals surface area contributed by atoms with Gasteiger partial charge in [-0.15, -0.1) is 0 Å². The molecular weight excluding hydrogens is 218 g/mol. The Morgan fingerprint density at radius 1 is 1.47 bits per heavy atom. The maximum absolute atomic E-state index is 10.9. The van der Waals surface area contributed by atoms with E-state index < -0.39 is 5.91 Å². The van der Waals surface area contributed by atoms with Crippen molar-refractivity contribution in [2.45, 2.75) is 12.8 Å². The van der Waals surface area contributed by atoms with E-state index in [9.17, 15) is 4.79 Å². The third-order valence-corrected chi connectivity index (χ3v) is 3.23. The van der Waals surface area contributed by atoms with Crippen LogP contribution in [0.3, 0.4) is 0 Å². The van der Waals surface area contributed by atoms with Crippen molar-refractivity contribution in [3.8, 4) is 0 Å². The Morgan fingerprint density at radius 2 is 2.18 bits per heavy atom. The summed E-state index contributed by atoms with van der Waals surface area (Å²) in [7, 11) is 0. The zero-order valence-electron chi connectivity index (χ0n) is 9.67. The highest BCUT2D eigenvalue weighted by Gasteiger charge is 2.19. The lowest BCUT2D eigenvalue weighted by Gasteiger charge is -2.31. The molecule has 5 heteroatoms. The topological polar surface area (TPSA) is 79.5 Å². The van der Waals surface area contributed by atoms with Crippen LogP contribution in [0, 0.1) is 5.92 Å². The molecule has 0 saturated carbocycles. The number of hydrogen-bond donors (Lipinski definition) is 2. The standard InChI is InChI=1S/C12H17N3O2/c13-12(17)10-1-2-11(14-7-10)15-5-3-9(8-16)4-6-15/h1-2,7,9,16H,3-6,8H2,(H2,13,17). The van der Waals surface area contributed by atoms with Crippen molar-refractivity contribution in [1.29, 1.82) is 0 Å². The van der Waals surface area contributed by atoms with E-state index in [2.05, 4.69) is 9.88 Å². The number of anilines is 1. The van der Waals surface area contributed by atoms with Gasteiger partial charge < -0.3 is 15.7 Å². The Labute approximate surface area is 100 Å². The highest BCUT2D eigenvalue weighted by Crippen LogP contribution is 2.21. The lowest BCUT2D eigenvalue weighted by atomic mass is 9.98. The van der Waals surface area contributed by atoms with Gasteiger partial charge >= 0.3 is 0 Å². The first-order valence-corrected chi connectivity index (χ1v) is 5.82. The number of hydrogen-bond acceptors (Lipinski definition) is 4. The van der Waals surface area contributed by atoms with Crippen molar-refractivity contribution < 1.29 is 9.90 Å². The summed E-state index contributed by atoms with van der Waals surface area (Å²) in [5, 5.41) is 9.06. The molecule has 1 amide bonds. The van der Waals surface area contributed by atoms with Gasteiger partial charge in [0.2, 0.25) is 5.91 Å². The molecule has 1 aliphatic heterocycles. The van der Waals surface area contributed by atoms with E-state index in [1.54, 1.807) is 6.07 Å². The zero-order valence-corrected chi connectivity index (χ0v) is 9.67. The summed E-state index contributed by atoms with van der Waals surface area (Å²) in [6.45, 7) is 2.06. The first-order chi connectivity index (χ1) is 8.20. The first kappa shape index (κ1) is 11.9. The number of nitrogens with two attached hydrogens (primary N) is 1. The van der Waals surface area contributed by atoms with Crippen molar-refractivity contribution in [2.24, 2.45) is 11.7 Å². The molecule has 0 atom stereocenters. The minimum atomic E-state index is -0.456. The summed E-state index contributed by atoms with van der Waals surface area (Å²) in [5.74, 6) is 0.825. The molecule has 1 aliphatic rings. The molecule has 1 aromatic rings. The second-order valence-corrected chi connectivity index (χ2v) is 4.38. The molecule has 5 nitrogen and oxygen atoms in total. The highest BCUT2D eigenvalue weighted by atomic mass is 16.3. The van der Waals surface area contributed by atoms with Crippen LogP contribution >= 0.6 is 0 Å². The molecule has 0 spiro atoms. The predicted octanol–water partition coefficient (Wildman–Crippen LogP) is 0.389. The second-order valence-electron chi connectivity index (χ2n) is 4.38. The van der Waals surface area contributed by atoms with E-state index >= 15 is 0 Å². The fourth-order valence-corrected chi connectivity index (χ4v) is 2.06. The molecule has 0 aliphatic carbocycles. The average molecular weight is 235 g/mol. The van der Waals surface area contributed by atoms with E-state index in [0.29, 0.717) is 11.5 Å². The van der Waals surface area contributed by atoms with Gasteiger partial charge in [-0.25, -0.2) is 4.98 Å². The van der Waals surface area contributed by atoms with E-state index in [1.807, 2.05) is 6.07 Å². The fourth-order valence-electron chi connectivity index (χ4n) is 2.06. The number of nitrogens with zero attached hydrogens (tertiary/aromatic N) is 2. The molecule has 17 heavy (non-hydrogen) atoms. The quantitative estimate of drug-likeness (QED) is 0.794. The number of aliphatic hydroxyl groups excluding tert-OH is 1. The summed E-state index contributed by atoms with van der Waals surface area (Å²) in [6.07, 6.45) is 3.47. The molecular formula is C12H17N3O2. The predicted molar refractivity (Wildman–Crippen MR) is 64.8 cm³/mol. The largest absolute Gasteiger partial charge is 0.396 e. The minimum absolute atomic E-state index is 0.266. The lowest BCUT2D eigenvalue weighted by molar-refractivity contribution is 0.1000. The Kier molecular flexibility index (Phi) is 3.58. The van der Waals surface area contributed by atoms with Gasteiger partial charge in [0.1, 0.15) is 5.82 Å². The fraction of sp³-hybridized carbons (Fsp3) is 0.500. The molecule has 0 bridgehead atoms. The summed E-state index contributed by atoms with van der Waals surface area (Å²) in [4.78, 5) is 17.3. The maximum atomic E-state index is 10.9. The Bertz CT molecular complexity index is 383. The first-order valence-electron chi connectivity index (χ1n) is 5.82. The van der Waals surface area contributed by atoms with Gasteiger partial charge in [-0.2, -0.15) is 0 Å². The van der Waals surface area contributed by atoms with Crippen LogP contribution in [0.4, 0.5) is 5.82 Å². The molecule has 2 rings (SSSR count). The number of primary amides is 1. The van der Waals surface area contributed by atoms with Crippen molar-refractivity contribution in [3.05, 3.63) is 23.9 Å². The molecule has 0 radical (unpaired) electrons. The Balaban J connectivity index is 2.01. The molecule has 1 saturated heterocycles. The summed E-state index contributed by atoms with van der Waals surface area (Å²) in [6, 6.07) is 3.52. The van der Waals surface area contributed by atoms with Crippen molar-refractivity contribution in [3.63, 3.8) is 0 Å². The monoisotopic (exact) mass is 235 g/mol. The number of aromatic nitrogens is 1. The molecule has 92 valence electrons. The van der Waals surface area contributed by atoms with Gasteiger partial charge in [0.25, 0.3) is 0 Å². The van der Waals surface area contributed by atoms with Crippen LogP contribution in [-0.2, 0) is 0 Å². The number of aliphatic hydroxyl groups is 1. The van der Waals surface area contributed by atoms with Crippen LogP contribution in [0.5, 0.6) is 0 Å². The van der Waals surface area contributed by atoms with Crippen LogP contribution in [0.25, 0.3) is 0 Å². The van der Waals surface area contributed by atoms with Crippen LogP contribution in [0.2, 0.25) is 0 Å². The molecule has 3 N–H and O–H groups in total. The zero-order chi connectivity index (χ0) is 12.3.